The van der Waals surface area contributed by atoms with Crippen LogP contribution in [0.1, 0.15) is 18.9 Å². The van der Waals surface area contributed by atoms with E-state index < -0.39 is 12.1 Å². The number of nitrogens with one attached hydrogen (secondary N) is 1. The van der Waals surface area contributed by atoms with Gasteiger partial charge in [0, 0.05) is 12.6 Å². The standard InChI is InChI=1S/C14H21NO4/c1-10-3-5-13(6-4-10)19-9-11(2)15-8-12(16)7-14(17)18/h3-6,11-12,15-16H,7-9H2,1-2H3,(H,17,18). The molecule has 0 aliphatic rings. The highest BCUT2D eigenvalue weighted by molar-refractivity contribution is 5.67. The summed E-state index contributed by atoms with van der Waals surface area (Å²) in [6, 6.07) is 7.79. The Kier molecular flexibility index (Phi) is 6.32. The van der Waals surface area contributed by atoms with Crippen LogP contribution in [0.3, 0.4) is 0 Å². The van der Waals surface area contributed by atoms with Crippen molar-refractivity contribution in [3.8, 4) is 5.75 Å². The summed E-state index contributed by atoms with van der Waals surface area (Å²) in [4.78, 5) is 10.4. The lowest BCUT2D eigenvalue weighted by Crippen LogP contribution is -2.38. The van der Waals surface area contributed by atoms with Crippen LogP contribution in [-0.4, -0.2) is 41.5 Å². The number of aliphatic carboxylic acids is 1. The Hall–Kier alpha value is -1.59. The number of aliphatic hydroxyl groups is 1. The molecule has 0 heterocycles. The molecule has 0 radical (unpaired) electrons. The number of aryl methyl sites for hydroxylation is 1. The molecule has 0 saturated carbocycles. The fraction of sp³-hybridized carbons (Fsp3) is 0.500. The molecule has 0 aromatic heterocycles. The smallest absolute Gasteiger partial charge is 0.306 e. The minimum Gasteiger partial charge on any atom is -0.492 e. The van der Waals surface area contributed by atoms with Gasteiger partial charge in [-0.15, -0.1) is 0 Å². The summed E-state index contributed by atoms with van der Waals surface area (Å²) in [6.45, 7) is 4.63. The SMILES string of the molecule is Cc1ccc(OCC(C)NCC(O)CC(=O)O)cc1. The third kappa shape index (κ3) is 6.79. The van der Waals surface area contributed by atoms with E-state index in [0.717, 1.165) is 5.75 Å². The maximum Gasteiger partial charge on any atom is 0.306 e. The highest BCUT2D eigenvalue weighted by atomic mass is 16.5. The van der Waals surface area contributed by atoms with Gasteiger partial charge in [0.1, 0.15) is 12.4 Å². The predicted molar refractivity (Wildman–Crippen MR) is 72.4 cm³/mol. The van der Waals surface area contributed by atoms with Gasteiger partial charge >= 0.3 is 5.97 Å². The molecular formula is C14H21NO4. The van der Waals surface area contributed by atoms with Crippen LogP contribution in [0.4, 0.5) is 0 Å². The van der Waals surface area contributed by atoms with Crippen LogP contribution < -0.4 is 10.1 Å². The Morgan fingerprint density at radius 1 is 1.37 bits per heavy atom. The Labute approximate surface area is 113 Å². The molecule has 0 aliphatic heterocycles. The molecule has 2 unspecified atom stereocenters. The highest BCUT2D eigenvalue weighted by Gasteiger charge is 2.11. The van der Waals surface area contributed by atoms with E-state index in [9.17, 15) is 9.90 Å². The van der Waals surface area contributed by atoms with Gasteiger partial charge in [-0.2, -0.15) is 0 Å². The average Bonchev–Trinajstić information content (AvgIpc) is 2.35. The molecule has 5 nitrogen and oxygen atoms in total. The minimum absolute atomic E-state index is 0.0322. The number of ether oxygens (including phenoxy) is 1. The molecule has 1 aromatic carbocycles. The number of rotatable bonds is 8. The highest BCUT2D eigenvalue weighted by Crippen LogP contribution is 2.11. The second kappa shape index (κ2) is 7.76. The Bertz CT molecular complexity index is 391. The maximum absolute atomic E-state index is 10.4. The number of hydrogen-bond donors (Lipinski definition) is 3. The lowest BCUT2D eigenvalue weighted by Gasteiger charge is -2.17. The first-order valence-corrected chi connectivity index (χ1v) is 6.30. The zero-order valence-electron chi connectivity index (χ0n) is 11.3. The number of hydrogen-bond acceptors (Lipinski definition) is 4. The average molecular weight is 267 g/mol. The molecular weight excluding hydrogens is 246 g/mol. The maximum atomic E-state index is 10.4. The van der Waals surface area contributed by atoms with Crippen molar-refractivity contribution in [3.05, 3.63) is 29.8 Å². The summed E-state index contributed by atoms with van der Waals surface area (Å²) < 4.78 is 5.58. The van der Waals surface area contributed by atoms with Crippen molar-refractivity contribution in [1.29, 1.82) is 0 Å². The molecule has 0 fully saturated rings. The molecule has 0 aliphatic carbocycles. The van der Waals surface area contributed by atoms with E-state index in [0.29, 0.717) is 6.61 Å². The molecule has 2 atom stereocenters. The second-order valence-electron chi connectivity index (χ2n) is 4.69. The van der Waals surface area contributed by atoms with Crippen LogP contribution in [0.25, 0.3) is 0 Å². The van der Waals surface area contributed by atoms with Gasteiger partial charge in [0.05, 0.1) is 12.5 Å². The van der Waals surface area contributed by atoms with Gasteiger partial charge in [0.2, 0.25) is 0 Å². The van der Waals surface area contributed by atoms with Crippen molar-refractivity contribution < 1.29 is 19.7 Å². The molecule has 106 valence electrons. The van der Waals surface area contributed by atoms with Gasteiger partial charge in [-0.25, -0.2) is 0 Å². The number of carboxylic acids is 1. The number of carboxylic acid groups (broad SMARTS) is 1. The van der Waals surface area contributed by atoms with Crippen LogP contribution >= 0.6 is 0 Å². The summed E-state index contributed by atoms with van der Waals surface area (Å²) in [5.74, 6) is -0.205. The normalized spacial score (nSPS) is 13.8. The number of aliphatic hydroxyl groups excluding tert-OH is 1. The van der Waals surface area contributed by atoms with Crippen LogP contribution in [0, 0.1) is 6.92 Å². The zero-order chi connectivity index (χ0) is 14.3. The molecule has 0 amide bonds. The van der Waals surface area contributed by atoms with Crippen molar-refractivity contribution in [3.63, 3.8) is 0 Å². The van der Waals surface area contributed by atoms with Crippen LogP contribution in [-0.2, 0) is 4.79 Å². The fourth-order valence-electron chi connectivity index (χ4n) is 1.53. The van der Waals surface area contributed by atoms with E-state index in [4.69, 9.17) is 9.84 Å². The lowest BCUT2D eigenvalue weighted by molar-refractivity contribution is -0.139. The monoisotopic (exact) mass is 267 g/mol. The van der Waals surface area contributed by atoms with E-state index in [2.05, 4.69) is 5.32 Å². The largest absolute Gasteiger partial charge is 0.492 e. The summed E-state index contributed by atoms with van der Waals surface area (Å²) in [7, 11) is 0. The zero-order valence-corrected chi connectivity index (χ0v) is 11.3. The van der Waals surface area contributed by atoms with Gasteiger partial charge in [-0.3, -0.25) is 4.79 Å². The Balaban J connectivity index is 2.22. The summed E-state index contributed by atoms with van der Waals surface area (Å²) in [6.07, 6.45) is -1.13. The first-order valence-electron chi connectivity index (χ1n) is 6.30. The van der Waals surface area contributed by atoms with Crippen molar-refractivity contribution in [2.45, 2.75) is 32.4 Å². The van der Waals surface area contributed by atoms with E-state index in [1.165, 1.54) is 5.56 Å². The molecule has 19 heavy (non-hydrogen) atoms. The van der Waals surface area contributed by atoms with Gasteiger partial charge < -0.3 is 20.3 Å². The van der Waals surface area contributed by atoms with E-state index in [1.807, 2.05) is 38.1 Å². The van der Waals surface area contributed by atoms with Gasteiger partial charge in [0.15, 0.2) is 0 Å². The minimum atomic E-state index is -1.00. The third-order valence-electron chi connectivity index (χ3n) is 2.63. The van der Waals surface area contributed by atoms with Crippen molar-refractivity contribution in [2.24, 2.45) is 0 Å². The van der Waals surface area contributed by atoms with Crippen molar-refractivity contribution in [2.75, 3.05) is 13.2 Å². The first kappa shape index (κ1) is 15.5. The van der Waals surface area contributed by atoms with Crippen LogP contribution in [0.15, 0.2) is 24.3 Å². The van der Waals surface area contributed by atoms with Crippen molar-refractivity contribution in [1.82, 2.24) is 5.32 Å². The summed E-state index contributed by atoms with van der Waals surface area (Å²) >= 11 is 0. The van der Waals surface area contributed by atoms with E-state index in [1.54, 1.807) is 0 Å². The second-order valence-corrected chi connectivity index (χ2v) is 4.69. The van der Waals surface area contributed by atoms with Crippen LogP contribution in [0.2, 0.25) is 0 Å². The van der Waals surface area contributed by atoms with Gasteiger partial charge in [-0.1, -0.05) is 17.7 Å². The van der Waals surface area contributed by atoms with Crippen molar-refractivity contribution >= 4 is 5.97 Å². The molecule has 0 spiro atoms. The lowest BCUT2D eigenvalue weighted by atomic mass is 10.2. The topological polar surface area (TPSA) is 78.8 Å². The predicted octanol–water partition coefficient (Wildman–Crippen LogP) is 1.19. The summed E-state index contributed by atoms with van der Waals surface area (Å²) in [5, 5.41) is 20.9. The molecule has 1 rings (SSSR count). The third-order valence-corrected chi connectivity index (χ3v) is 2.63. The van der Waals surface area contributed by atoms with Gasteiger partial charge in [0.25, 0.3) is 0 Å². The van der Waals surface area contributed by atoms with E-state index in [-0.39, 0.29) is 19.0 Å². The number of benzene rings is 1. The molecule has 5 heteroatoms. The molecule has 3 N–H and O–H groups in total. The molecule has 0 bridgehead atoms. The quantitative estimate of drug-likeness (QED) is 0.659. The molecule has 1 aromatic rings. The van der Waals surface area contributed by atoms with Gasteiger partial charge in [-0.05, 0) is 26.0 Å². The Morgan fingerprint density at radius 2 is 2.00 bits per heavy atom. The number of carbonyl (C=O) groups is 1. The summed E-state index contributed by atoms with van der Waals surface area (Å²) in [5.41, 5.74) is 1.18. The first-order chi connectivity index (χ1) is 8.97. The van der Waals surface area contributed by atoms with Crippen LogP contribution in [0.5, 0.6) is 5.75 Å². The molecule has 0 saturated heterocycles. The Morgan fingerprint density at radius 3 is 2.58 bits per heavy atom. The fourth-order valence-corrected chi connectivity index (χ4v) is 1.53. The van der Waals surface area contributed by atoms with E-state index >= 15 is 0 Å².